The number of anilines is 3. The van der Waals surface area contributed by atoms with E-state index >= 15 is 0 Å². The molecule has 0 unspecified atom stereocenters. The van der Waals surface area contributed by atoms with E-state index in [1.807, 2.05) is 0 Å². The molecule has 0 fully saturated rings. The molecule has 1 aliphatic carbocycles. The highest BCUT2D eigenvalue weighted by molar-refractivity contribution is 6.03. The highest BCUT2D eigenvalue weighted by Gasteiger charge is 2.41. The number of para-hydroxylation sites is 1. The molecule has 1 heteroatoms. The fourth-order valence-electron chi connectivity index (χ4n) is 8.28. The molecule has 7 aromatic carbocycles. The zero-order valence-corrected chi connectivity index (χ0v) is 31.9. The van der Waals surface area contributed by atoms with Crippen LogP contribution in [0.25, 0.3) is 44.2 Å². The zero-order valence-electron chi connectivity index (χ0n) is 31.9. The Kier molecular flexibility index (Phi) is 8.03. The molecule has 0 spiro atoms. The first-order valence-corrected chi connectivity index (χ1v) is 18.7. The molecule has 7 aromatic rings. The van der Waals surface area contributed by atoms with E-state index in [-0.39, 0.29) is 16.2 Å². The second-order valence-electron chi connectivity index (χ2n) is 17.1. The summed E-state index contributed by atoms with van der Waals surface area (Å²) in [4.78, 5) is 2.47. The van der Waals surface area contributed by atoms with Gasteiger partial charge >= 0.3 is 0 Å². The molecule has 0 atom stereocenters. The Hall–Kier alpha value is -5.40. The van der Waals surface area contributed by atoms with Gasteiger partial charge in [0.15, 0.2) is 0 Å². The summed E-state index contributed by atoms with van der Waals surface area (Å²) in [6.45, 7) is 19.0. The van der Waals surface area contributed by atoms with Crippen LogP contribution in [0, 0.1) is 0 Å². The van der Waals surface area contributed by atoms with E-state index in [4.69, 9.17) is 0 Å². The zero-order chi connectivity index (χ0) is 36.4. The van der Waals surface area contributed by atoms with Crippen LogP contribution in [0.2, 0.25) is 0 Å². The molecule has 0 saturated heterocycles. The molecular formula is C51H49N. The van der Waals surface area contributed by atoms with Crippen molar-refractivity contribution in [3.05, 3.63) is 174 Å². The van der Waals surface area contributed by atoms with Gasteiger partial charge in [0, 0.05) is 22.1 Å². The van der Waals surface area contributed by atoms with E-state index < -0.39 is 0 Å². The third-order valence-corrected chi connectivity index (χ3v) is 11.1. The van der Waals surface area contributed by atoms with Gasteiger partial charge in [-0.15, -0.1) is 0 Å². The van der Waals surface area contributed by atoms with Gasteiger partial charge in [0.1, 0.15) is 0 Å². The molecule has 0 heterocycles. The van der Waals surface area contributed by atoms with E-state index in [0.717, 1.165) is 17.1 Å². The van der Waals surface area contributed by atoms with Crippen LogP contribution in [-0.2, 0) is 16.2 Å². The number of fused-ring (bicyclic) bond motifs is 4. The molecule has 0 radical (unpaired) electrons. The molecule has 0 saturated carbocycles. The highest BCUT2D eigenvalue weighted by atomic mass is 15.1. The standard InChI is InChI=1S/C51H49N/c1-49(2,3)37-32-43(50(4,5)6)48-44(33-37)51(7,8)42-25-17-24-41(47(42)48)40-23-14-15-26-46(40)52(45-27-16-21-36-20-12-13-22-39(36)45)38-30-28-35(29-31-38)34-18-10-9-11-19-34/h9-33H,1-8H3. The average Bonchev–Trinajstić information content (AvgIpc) is 3.38. The summed E-state index contributed by atoms with van der Waals surface area (Å²) in [6.07, 6.45) is 0. The summed E-state index contributed by atoms with van der Waals surface area (Å²) in [5.74, 6) is 0. The monoisotopic (exact) mass is 675 g/mol. The Morgan fingerprint density at radius 1 is 0.462 bits per heavy atom. The van der Waals surface area contributed by atoms with Gasteiger partial charge < -0.3 is 4.90 Å². The first kappa shape index (κ1) is 33.7. The SMILES string of the molecule is CC(C)(C)c1cc(C(C)(C)C)c2c(c1)C(C)(C)c1cccc(-c3ccccc3N(c3ccc(-c4ccccc4)cc3)c3cccc4ccccc34)c1-2. The maximum Gasteiger partial charge on any atom is 0.0540 e. The lowest BCUT2D eigenvalue weighted by Crippen LogP contribution is -2.21. The average molecular weight is 676 g/mol. The van der Waals surface area contributed by atoms with E-state index in [1.54, 1.807) is 0 Å². The largest absolute Gasteiger partial charge is 0.309 e. The summed E-state index contributed by atoms with van der Waals surface area (Å²) in [5, 5.41) is 2.45. The number of hydrogen-bond acceptors (Lipinski definition) is 1. The lowest BCUT2D eigenvalue weighted by atomic mass is 9.74. The van der Waals surface area contributed by atoms with Gasteiger partial charge in [0.05, 0.1) is 11.4 Å². The van der Waals surface area contributed by atoms with Crippen LogP contribution >= 0.6 is 0 Å². The Balaban J connectivity index is 1.40. The molecule has 52 heavy (non-hydrogen) atoms. The number of nitrogens with zero attached hydrogens (tertiary/aromatic N) is 1. The van der Waals surface area contributed by atoms with Crippen LogP contribution < -0.4 is 4.90 Å². The maximum atomic E-state index is 2.51. The van der Waals surface area contributed by atoms with Gasteiger partial charge in [-0.1, -0.05) is 183 Å². The lowest BCUT2D eigenvalue weighted by molar-refractivity contribution is 0.564. The molecular weight excluding hydrogens is 627 g/mol. The van der Waals surface area contributed by atoms with Crippen molar-refractivity contribution in [1.29, 1.82) is 0 Å². The normalized spacial score (nSPS) is 13.5. The van der Waals surface area contributed by atoms with Gasteiger partial charge in [-0.2, -0.15) is 0 Å². The van der Waals surface area contributed by atoms with E-state index in [2.05, 4.69) is 212 Å². The second kappa shape index (κ2) is 12.4. The molecule has 0 aromatic heterocycles. The van der Waals surface area contributed by atoms with Crippen LogP contribution in [0.3, 0.4) is 0 Å². The Morgan fingerprint density at radius 3 is 1.79 bits per heavy atom. The molecule has 8 rings (SSSR count). The van der Waals surface area contributed by atoms with Crippen molar-refractivity contribution >= 4 is 27.8 Å². The van der Waals surface area contributed by atoms with Crippen LogP contribution in [0.1, 0.15) is 77.6 Å². The summed E-state index contributed by atoms with van der Waals surface area (Å²) in [6, 6.07) is 56.2. The van der Waals surface area contributed by atoms with E-state index in [9.17, 15) is 0 Å². The molecule has 0 bridgehead atoms. The Morgan fingerprint density at radius 2 is 1.06 bits per heavy atom. The first-order chi connectivity index (χ1) is 24.8. The lowest BCUT2D eigenvalue weighted by Gasteiger charge is -2.31. The van der Waals surface area contributed by atoms with E-state index in [0.29, 0.717) is 0 Å². The topological polar surface area (TPSA) is 3.24 Å². The van der Waals surface area contributed by atoms with Crippen LogP contribution in [0.15, 0.2) is 152 Å². The van der Waals surface area contributed by atoms with Gasteiger partial charge in [0.25, 0.3) is 0 Å². The summed E-state index contributed by atoms with van der Waals surface area (Å²) in [7, 11) is 0. The molecule has 1 nitrogen and oxygen atoms in total. The maximum absolute atomic E-state index is 2.51. The summed E-state index contributed by atoms with van der Waals surface area (Å²) < 4.78 is 0. The number of rotatable bonds is 5. The van der Waals surface area contributed by atoms with Gasteiger partial charge in [-0.05, 0) is 90.6 Å². The van der Waals surface area contributed by atoms with Crippen molar-refractivity contribution in [2.24, 2.45) is 0 Å². The number of benzene rings is 7. The minimum Gasteiger partial charge on any atom is -0.309 e. The molecule has 0 amide bonds. The minimum absolute atomic E-state index is 0.0366. The van der Waals surface area contributed by atoms with Crippen molar-refractivity contribution in [2.75, 3.05) is 4.90 Å². The third-order valence-electron chi connectivity index (χ3n) is 11.1. The van der Waals surface area contributed by atoms with Crippen molar-refractivity contribution in [3.8, 4) is 33.4 Å². The Labute approximate surface area is 310 Å². The first-order valence-electron chi connectivity index (χ1n) is 18.7. The second-order valence-corrected chi connectivity index (χ2v) is 17.1. The fraction of sp³-hybridized carbons (Fsp3) is 0.216. The smallest absolute Gasteiger partial charge is 0.0540 e. The molecule has 0 aliphatic heterocycles. The van der Waals surface area contributed by atoms with Crippen LogP contribution in [-0.4, -0.2) is 0 Å². The predicted molar refractivity (Wildman–Crippen MR) is 224 cm³/mol. The summed E-state index contributed by atoms with van der Waals surface area (Å²) >= 11 is 0. The fourth-order valence-corrected chi connectivity index (χ4v) is 8.28. The van der Waals surface area contributed by atoms with Crippen LogP contribution in [0.4, 0.5) is 17.1 Å². The predicted octanol–water partition coefficient (Wildman–Crippen LogP) is 14.5. The van der Waals surface area contributed by atoms with Crippen molar-refractivity contribution in [3.63, 3.8) is 0 Å². The quantitative estimate of drug-likeness (QED) is 0.175. The highest BCUT2D eigenvalue weighted by Crippen LogP contribution is 2.57. The molecule has 1 aliphatic rings. The van der Waals surface area contributed by atoms with Gasteiger partial charge in [-0.25, -0.2) is 0 Å². The molecule has 0 N–H and O–H groups in total. The van der Waals surface area contributed by atoms with Gasteiger partial charge in [0.2, 0.25) is 0 Å². The van der Waals surface area contributed by atoms with Crippen LogP contribution in [0.5, 0.6) is 0 Å². The summed E-state index contributed by atoms with van der Waals surface area (Å²) in [5.41, 5.74) is 16.7. The van der Waals surface area contributed by atoms with Crippen molar-refractivity contribution < 1.29 is 0 Å². The Bertz CT molecular complexity index is 2430. The van der Waals surface area contributed by atoms with E-state index in [1.165, 1.54) is 66.4 Å². The third kappa shape index (κ3) is 5.64. The van der Waals surface area contributed by atoms with Gasteiger partial charge in [-0.3, -0.25) is 0 Å². The van der Waals surface area contributed by atoms with Crippen molar-refractivity contribution in [2.45, 2.75) is 71.6 Å². The minimum atomic E-state index is -0.139. The van der Waals surface area contributed by atoms with Crippen molar-refractivity contribution in [1.82, 2.24) is 0 Å². The number of hydrogen-bond donors (Lipinski definition) is 0. The molecule has 258 valence electrons.